The molecule has 1 amide bonds. The summed E-state index contributed by atoms with van der Waals surface area (Å²) in [4.78, 5) is 12.9. The van der Waals surface area contributed by atoms with Crippen LogP contribution in [-0.4, -0.2) is 40.3 Å². The summed E-state index contributed by atoms with van der Waals surface area (Å²) in [7, 11) is -2.53. The Hall–Kier alpha value is -2.68. The van der Waals surface area contributed by atoms with Crippen LogP contribution in [0.25, 0.3) is 0 Å². The Morgan fingerprint density at radius 2 is 1.76 bits per heavy atom. The van der Waals surface area contributed by atoms with E-state index in [4.69, 9.17) is 16.3 Å². The molecule has 0 spiro atoms. The van der Waals surface area contributed by atoms with Crippen LogP contribution in [0.4, 0.5) is 5.69 Å². The normalized spacial score (nSPS) is 11.1. The number of anilines is 1. The van der Waals surface area contributed by atoms with Crippen molar-refractivity contribution < 1.29 is 17.9 Å². The molecule has 0 heterocycles. The number of ether oxygens (including phenoxy) is 1. The van der Waals surface area contributed by atoms with Gasteiger partial charge in [-0.25, -0.2) is 8.42 Å². The Labute approximate surface area is 210 Å². The second-order valence-electron chi connectivity index (χ2n) is 7.53. The van der Waals surface area contributed by atoms with Crippen LogP contribution in [0.1, 0.15) is 11.1 Å². The Balaban J connectivity index is 1.70. The fourth-order valence-electron chi connectivity index (χ4n) is 3.23. The van der Waals surface area contributed by atoms with E-state index in [0.29, 0.717) is 28.8 Å². The van der Waals surface area contributed by atoms with Crippen molar-refractivity contribution in [2.45, 2.75) is 17.6 Å². The van der Waals surface area contributed by atoms with Crippen molar-refractivity contribution in [3.05, 3.63) is 88.9 Å². The van der Waals surface area contributed by atoms with Gasteiger partial charge in [0.25, 0.3) is 10.0 Å². The van der Waals surface area contributed by atoms with E-state index in [1.165, 1.54) is 19.2 Å². The molecule has 0 fully saturated rings. The second kappa shape index (κ2) is 12.1. The maximum Gasteiger partial charge on any atom is 0.264 e. The monoisotopic (exact) mass is 518 g/mol. The molecule has 0 saturated carbocycles. The van der Waals surface area contributed by atoms with Crippen LogP contribution in [0.15, 0.2) is 77.7 Å². The van der Waals surface area contributed by atoms with Crippen molar-refractivity contribution in [2.75, 3.05) is 30.3 Å². The van der Waals surface area contributed by atoms with Gasteiger partial charge in [-0.15, -0.1) is 0 Å². The molecular weight excluding hydrogens is 492 g/mol. The molecule has 0 unspecified atom stereocenters. The van der Waals surface area contributed by atoms with E-state index in [1.54, 1.807) is 42.1 Å². The molecule has 3 aromatic carbocycles. The maximum absolute atomic E-state index is 13.5. The minimum atomic E-state index is -4.00. The van der Waals surface area contributed by atoms with E-state index in [0.717, 1.165) is 21.2 Å². The second-order valence-corrected chi connectivity index (χ2v) is 10.9. The van der Waals surface area contributed by atoms with Crippen molar-refractivity contribution in [3.63, 3.8) is 0 Å². The first-order valence-corrected chi connectivity index (χ1v) is 13.6. The molecule has 0 atom stereocenters. The maximum atomic E-state index is 13.5. The summed E-state index contributed by atoms with van der Waals surface area (Å²) in [5.41, 5.74) is 2.31. The average Bonchev–Trinajstić information content (AvgIpc) is 2.84. The number of hydrogen-bond donors (Lipinski definition) is 1. The van der Waals surface area contributed by atoms with Gasteiger partial charge in [0.05, 0.1) is 17.7 Å². The fourth-order valence-corrected chi connectivity index (χ4v) is 5.62. The number of sulfonamides is 1. The third-order valence-corrected chi connectivity index (χ3v) is 8.03. The quantitative estimate of drug-likeness (QED) is 0.365. The number of rotatable bonds is 11. The molecule has 0 aliphatic rings. The SMILES string of the molecule is COc1ccc(C)cc1N(CC(=O)NCCSCc1ccc(Cl)cc1)S(=O)(=O)c1ccccc1. The molecule has 1 N–H and O–H groups in total. The number of methoxy groups -OCH3 is 1. The predicted molar refractivity (Wildman–Crippen MR) is 139 cm³/mol. The van der Waals surface area contributed by atoms with Crippen LogP contribution in [0, 0.1) is 6.92 Å². The molecule has 180 valence electrons. The lowest BCUT2D eigenvalue weighted by atomic mass is 10.2. The van der Waals surface area contributed by atoms with Gasteiger partial charge in [0.1, 0.15) is 12.3 Å². The fraction of sp³-hybridized carbons (Fsp3) is 0.240. The van der Waals surface area contributed by atoms with Gasteiger partial charge in [-0.3, -0.25) is 9.10 Å². The van der Waals surface area contributed by atoms with Crippen molar-refractivity contribution >= 4 is 45.0 Å². The van der Waals surface area contributed by atoms with Crippen molar-refractivity contribution in [2.24, 2.45) is 0 Å². The molecule has 3 aromatic rings. The summed E-state index contributed by atoms with van der Waals surface area (Å²) in [5.74, 6) is 1.46. The molecule has 0 aliphatic carbocycles. The van der Waals surface area contributed by atoms with Crippen LogP contribution in [-0.2, 0) is 20.6 Å². The first kappa shape index (κ1) is 25.9. The highest BCUT2D eigenvalue weighted by molar-refractivity contribution is 7.98. The Bertz CT molecular complexity index is 1200. The molecule has 3 rings (SSSR count). The first-order chi connectivity index (χ1) is 16.3. The van der Waals surface area contributed by atoms with E-state index in [9.17, 15) is 13.2 Å². The molecule has 0 saturated heterocycles. The van der Waals surface area contributed by atoms with Crippen LogP contribution in [0.3, 0.4) is 0 Å². The summed E-state index contributed by atoms with van der Waals surface area (Å²) in [6, 6.07) is 20.9. The number of thioether (sulfide) groups is 1. The minimum Gasteiger partial charge on any atom is -0.495 e. The van der Waals surface area contributed by atoms with E-state index < -0.39 is 15.9 Å². The molecule has 34 heavy (non-hydrogen) atoms. The summed E-state index contributed by atoms with van der Waals surface area (Å²) in [6.45, 7) is 1.91. The van der Waals surface area contributed by atoms with Crippen molar-refractivity contribution in [3.8, 4) is 5.75 Å². The largest absolute Gasteiger partial charge is 0.495 e. The number of hydrogen-bond acceptors (Lipinski definition) is 5. The number of nitrogens with zero attached hydrogens (tertiary/aromatic N) is 1. The summed E-state index contributed by atoms with van der Waals surface area (Å²) in [6.07, 6.45) is 0. The lowest BCUT2D eigenvalue weighted by Crippen LogP contribution is -2.41. The van der Waals surface area contributed by atoms with Gasteiger partial charge < -0.3 is 10.1 Å². The van der Waals surface area contributed by atoms with Gasteiger partial charge in [0, 0.05) is 23.1 Å². The number of benzene rings is 3. The highest BCUT2D eigenvalue weighted by Gasteiger charge is 2.29. The van der Waals surface area contributed by atoms with Crippen molar-refractivity contribution in [1.82, 2.24) is 5.32 Å². The van der Waals surface area contributed by atoms with Crippen LogP contribution in [0.2, 0.25) is 5.02 Å². The average molecular weight is 519 g/mol. The van der Waals surface area contributed by atoms with Crippen molar-refractivity contribution in [1.29, 1.82) is 0 Å². The molecule has 0 aromatic heterocycles. The molecule has 0 radical (unpaired) electrons. The molecule has 6 nitrogen and oxygen atoms in total. The van der Waals surface area contributed by atoms with Gasteiger partial charge in [0.2, 0.25) is 5.91 Å². The zero-order chi connectivity index (χ0) is 24.6. The van der Waals surface area contributed by atoms with Gasteiger partial charge >= 0.3 is 0 Å². The highest BCUT2D eigenvalue weighted by Crippen LogP contribution is 2.33. The highest BCUT2D eigenvalue weighted by atomic mass is 35.5. The number of carbonyl (C=O) groups is 1. The van der Waals surface area contributed by atoms with Gasteiger partial charge in [-0.2, -0.15) is 11.8 Å². The summed E-state index contributed by atoms with van der Waals surface area (Å²) in [5, 5.41) is 3.52. The number of nitrogens with one attached hydrogen (secondary N) is 1. The summed E-state index contributed by atoms with van der Waals surface area (Å²) >= 11 is 7.58. The van der Waals surface area contributed by atoms with E-state index in [-0.39, 0.29) is 11.4 Å². The zero-order valence-corrected chi connectivity index (χ0v) is 21.4. The first-order valence-electron chi connectivity index (χ1n) is 10.6. The molecule has 9 heteroatoms. The minimum absolute atomic E-state index is 0.102. The lowest BCUT2D eigenvalue weighted by molar-refractivity contribution is -0.119. The number of carbonyl (C=O) groups excluding carboxylic acids is 1. The van der Waals surface area contributed by atoms with Crippen LogP contribution in [0.5, 0.6) is 5.75 Å². The van der Waals surface area contributed by atoms with E-state index in [1.807, 2.05) is 37.3 Å². The smallest absolute Gasteiger partial charge is 0.264 e. The number of halogens is 1. The van der Waals surface area contributed by atoms with E-state index in [2.05, 4.69) is 5.32 Å². The van der Waals surface area contributed by atoms with Gasteiger partial charge in [0.15, 0.2) is 0 Å². The third-order valence-electron chi connectivity index (χ3n) is 4.97. The molecule has 0 aliphatic heterocycles. The Morgan fingerprint density at radius 3 is 2.44 bits per heavy atom. The van der Waals surface area contributed by atoms with Crippen LogP contribution < -0.4 is 14.4 Å². The predicted octanol–water partition coefficient (Wildman–Crippen LogP) is 4.90. The zero-order valence-electron chi connectivity index (χ0n) is 19.0. The van der Waals surface area contributed by atoms with Gasteiger partial charge in [-0.05, 0) is 54.4 Å². The number of aryl methyl sites for hydroxylation is 1. The Kier molecular flexibility index (Phi) is 9.27. The Morgan fingerprint density at radius 1 is 1.06 bits per heavy atom. The third kappa shape index (κ3) is 6.91. The summed E-state index contributed by atoms with van der Waals surface area (Å²) < 4.78 is 33.5. The van der Waals surface area contributed by atoms with E-state index >= 15 is 0 Å². The number of amides is 1. The lowest BCUT2D eigenvalue weighted by Gasteiger charge is -2.26. The molecular formula is C25H27ClN2O4S2. The topological polar surface area (TPSA) is 75.7 Å². The molecule has 0 bridgehead atoms. The standard InChI is InChI=1S/C25H27ClN2O4S2/c1-19-8-13-24(32-2)23(16-19)28(34(30,31)22-6-4-3-5-7-22)17-25(29)27-14-15-33-18-20-9-11-21(26)12-10-20/h3-13,16H,14-15,17-18H2,1-2H3,(H,27,29). The van der Waals surface area contributed by atoms with Gasteiger partial charge in [-0.1, -0.05) is 48.0 Å². The van der Waals surface area contributed by atoms with Crippen LogP contribution >= 0.6 is 23.4 Å².